The molecule has 3 rings (SSSR count). The average Bonchev–Trinajstić information content (AvgIpc) is 2.77. The molecule has 4 heteroatoms. The van der Waals surface area contributed by atoms with Crippen LogP contribution in [0, 0.1) is 0 Å². The van der Waals surface area contributed by atoms with Crippen molar-refractivity contribution in [1.29, 1.82) is 0 Å². The van der Waals surface area contributed by atoms with Crippen LogP contribution in [0.15, 0.2) is 77.8 Å². The molecule has 0 radical (unpaired) electrons. The zero-order valence-corrected chi connectivity index (χ0v) is 16.5. The third-order valence-corrected chi connectivity index (χ3v) is 4.47. The number of ether oxygens (including phenoxy) is 3. The summed E-state index contributed by atoms with van der Waals surface area (Å²) in [5, 5.41) is 0. The van der Waals surface area contributed by atoms with Crippen LogP contribution in [0.3, 0.4) is 0 Å². The van der Waals surface area contributed by atoms with Crippen LogP contribution in [0.5, 0.6) is 17.2 Å². The number of hydrogen-bond acceptors (Lipinski definition) is 4. The minimum absolute atomic E-state index is 0.00816. The van der Waals surface area contributed by atoms with Crippen molar-refractivity contribution in [2.45, 2.75) is 19.6 Å². The van der Waals surface area contributed by atoms with E-state index in [4.69, 9.17) is 14.2 Å². The number of methoxy groups -OCH3 is 2. The van der Waals surface area contributed by atoms with Crippen molar-refractivity contribution in [2.24, 2.45) is 4.99 Å². The van der Waals surface area contributed by atoms with Crippen molar-refractivity contribution >= 4 is 6.21 Å². The maximum atomic E-state index is 5.82. The van der Waals surface area contributed by atoms with Gasteiger partial charge in [0.05, 0.1) is 20.3 Å². The van der Waals surface area contributed by atoms with E-state index in [1.807, 2.05) is 66.9 Å². The fraction of sp³-hybridized carbons (Fsp3) is 0.208. The summed E-state index contributed by atoms with van der Waals surface area (Å²) in [5.74, 6) is 2.27. The molecular formula is C24H25NO3. The van der Waals surface area contributed by atoms with Crippen LogP contribution in [0.2, 0.25) is 0 Å². The van der Waals surface area contributed by atoms with E-state index >= 15 is 0 Å². The number of aliphatic imine (C=N–C) groups is 1. The topological polar surface area (TPSA) is 40.0 Å². The monoisotopic (exact) mass is 375 g/mol. The summed E-state index contributed by atoms with van der Waals surface area (Å²) >= 11 is 0. The molecule has 28 heavy (non-hydrogen) atoms. The minimum atomic E-state index is 0.00816. The van der Waals surface area contributed by atoms with Crippen LogP contribution in [0.25, 0.3) is 0 Å². The molecule has 0 saturated heterocycles. The van der Waals surface area contributed by atoms with Crippen LogP contribution in [0.1, 0.15) is 29.7 Å². The van der Waals surface area contributed by atoms with E-state index in [0.29, 0.717) is 18.1 Å². The van der Waals surface area contributed by atoms with Crippen LogP contribution < -0.4 is 14.2 Å². The smallest absolute Gasteiger partial charge is 0.161 e. The van der Waals surface area contributed by atoms with Crippen molar-refractivity contribution in [3.05, 3.63) is 89.5 Å². The summed E-state index contributed by atoms with van der Waals surface area (Å²) in [6.07, 6.45) is 1.88. The SMILES string of the molecule is COc1ccc(C(C)/N=C\c2ccc(OCc3ccccc3)cc2)cc1OC. The van der Waals surface area contributed by atoms with Crippen molar-refractivity contribution in [2.75, 3.05) is 14.2 Å². The van der Waals surface area contributed by atoms with E-state index in [9.17, 15) is 0 Å². The molecule has 0 amide bonds. The Kier molecular flexibility index (Phi) is 6.68. The van der Waals surface area contributed by atoms with Gasteiger partial charge in [-0.3, -0.25) is 4.99 Å². The molecule has 3 aromatic rings. The van der Waals surface area contributed by atoms with Crippen LogP contribution >= 0.6 is 0 Å². The summed E-state index contributed by atoms with van der Waals surface area (Å²) < 4.78 is 16.5. The molecule has 0 fully saturated rings. The Morgan fingerprint density at radius 1 is 0.857 bits per heavy atom. The Morgan fingerprint density at radius 3 is 2.25 bits per heavy atom. The summed E-state index contributed by atoms with van der Waals surface area (Å²) in [7, 11) is 3.27. The number of rotatable bonds is 8. The first kappa shape index (κ1) is 19.5. The predicted octanol–water partition coefficient (Wildman–Crippen LogP) is 5.46. The second-order valence-corrected chi connectivity index (χ2v) is 6.41. The van der Waals surface area contributed by atoms with Crippen molar-refractivity contribution in [3.63, 3.8) is 0 Å². The van der Waals surface area contributed by atoms with Gasteiger partial charge in [0.1, 0.15) is 12.4 Å². The van der Waals surface area contributed by atoms with Gasteiger partial charge in [0.2, 0.25) is 0 Å². The predicted molar refractivity (Wildman–Crippen MR) is 113 cm³/mol. The third-order valence-electron chi connectivity index (χ3n) is 4.47. The van der Waals surface area contributed by atoms with E-state index in [1.165, 1.54) is 0 Å². The van der Waals surface area contributed by atoms with Gasteiger partial charge in [-0.2, -0.15) is 0 Å². The second-order valence-electron chi connectivity index (χ2n) is 6.41. The van der Waals surface area contributed by atoms with E-state index in [0.717, 1.165) is 22.4 Å². The molecule has 3 aromatic carbocycles. The highest BCUT2D eigenvalue weighted by Gasteiger charge is 2.08. The Hall–Kier alpha value is -3.27. The van der Waals surface area contributed by atoms with Crippen molar-refractivity contribution in [1.82, 2.24) is 0 Å². The number of nitrogens with zero attached hydrogens (tertiary/aromatic N) is 1. The lowest BCUT2D eigenvalue weighted by molar-refractivity contribution is 0.306. The Balaban J connectivity index is 1.60. The van der Waals surface area contributed by atoms with Gasteiger partial charge in [-0.1, -0.05) is 36.4 Å². The Morgan fingerprint density at radius 2 is 1.57 bits per heavy atom. The number of hydrogen-bond donors (Lipinski definition) is 0. The lowest BCUT2D eigenvalue weighted by atomic mass is 10.1. The molecule has 0 heterocycles. The summed E-state index contributed by atoms with van der Waals surface area (Å²) in [5.41, 5.74) is 3.24. The van der Waals surface area contributed by atoms with Gasteiger partial charge in [0.15, 0.2) is 11.5 Å². The van der Waals surface area contributed by atoms with Crippen molar-refractivity contribution < 1.29 is 14.2 Å². The molecular weight excluding hydrogens is 350 g/mol. The van der Waals surface area contributed by atoms with Gasteiger partial charge in [-0.05, 0) is 60.0 Å². The molecule has 4 nitrogen and oxygen atoms in total. The molecule has 0 bridgehead atoms. The van der Waals surface area contributed by atoms with E-state index in [-0.39, 0.29) is 6.04 Å². The van der Waals surface area contributed by atoms with E-state index in [2.05, 4.69) is 24.0 Å². The maximum absolute atomic E-state index is 5.82. The normalized spacial score (nSPS) is 12.0. The molecule has 144 valence electrons. The van der Waals surface area contributed by atoms with Gasteiger partial charge in [0, 0.05) is 6.21 Å². The highest BCUT2D eigenvalue weighted by molar-refractivity contribution is 5.80. The number of benzene rings is 3. The summed E-state index contributed by atoms with van der Waals surface area (Å²) in [4.78, 5) is 4.66. The molecule has 0 aliphatic rings. The molecule has 1 atom stereocenters. The van der Waals surface area contributed by atoms with Gasteiger partial charge in [-0.15, -0.1) is 0 Å². The Bertz CT molecular complexity index is 905. The van der Waals surface area contributed by atoms with Gasteiger partial charge in [-0.25, -0.2) is 0 Å². The fourth-order valence-corrected chi connectivity index (χ4v) is 2.79. The first-order chi connectivity index (χ1) is 13.7. The van der Waals surface area contributed by atoms with Crippen LogP contribution in [-0.2, 0) is 6.61 Å². The highest BCUT2D eigenvalue weighted by atomic mass is 16.5. The minimum Gasteiger partial charge on any atom is -0.493 e. The van der Waals surface area contributed by atoms with Gasteiger partial charge < -0.3 is 14.2 Å². The first-order valence-electron chi connectivity index (χ1n) is 9.21. The fourth-order valence-electron chi connectivity index (χ4n) is 2.79. The molecule has 0 aromatic heterocycles. The molecule has 1 unspecified atom stereocenters. The van der Waals surface area contributed by atoms with Crippen LogP contribution in [-0.4, -0.2) is 20.4 Å². The second kappa shape index (κ2) is 9.60. The standard InChI is InChI=1S/C24H25NO3/c1-18(21-11-14-23(26-2)24(15-21)27-3)25-16-19-9-12-22(13-10-19)28-17-20-7-5-4-6-8-20/h4-16,18H,17H2,1-3H3/b25-16-. The largest absolute Gasteiger partial charge is 0.493 e. The maximum Gasteiger partial charge on any atom is 0.161 e. The van der Waals surface area contributed by atoms with E-state index < -0.39 is 0 Å². The van der Waals surface area contributed by atoms with Crippen LogP contribution in [0.4, 0.5) is 0 Å². The summed E-state index contributed by atoms with van der Waals surface area (Å²) in [6, 6.07) is 23.9. The van der Waals surface area contributed by atoms with Gasteiger partial charge >= 0.3 is 0 Å². The quantitative estimate of drug-likeness (QED) is 0.491. The zero-order chi connectivity index (χ0) is 19.8. The highest BCUT2D eigenvalue weighted by Crippen LogP contribution is 2.30. The first-order valence-corrected chi connectivity index (χ1v) is 9.21. The van der Waals surface area contributed by atoms with E-state index in [1.54, 1.807) is 14.2 Å². The molecule has 0 N–H and O–H groups in total. The Labute approximate surface area is 166 Å². The lowest BCUT2D eigenvalue weighted by Gasteiger charge is -2.12. The lowest BCUT2D eigenvalue weighted by Crippen LogP contribution is -1.96. The summed E-state index contributed by atoms with van der Waals surface area (Å²) in [6.45, 7) is 2.61. The van der Waals surface area contributed by atoms with Gasteiger partial charge in [0.25, 0.3) is 0 Å². The average molecular weight is 375 g/mol. The zero-order valence-electron chi connectivity index (χ0n) is 16.5. The molecule has 0 spiro atoms. The molecule has 0 aliphatic heterocycles. The molecule has 0 aliphatic carbocycles. The van der Waals surface area contributed by atoms with Crippen molar-refractivity contribution in [3.8, 4) is 17.2 Å². The molecule has 0 saturated carbocycles. The third kappa shape index (κ3) is 5.13.